The van der Waals surface area contributed by atoms with E-state index >= 15 is 0 Å². The number of methoxy groups -OCH3 is 1. The molecule has 0 aliphatic carbocycles. The van der Waals surface area contributed by atoms with Crippen molar-refractivity contribution in [3.05, 3.63) is 29.3 Å². The van der Waals surface area contributed by atoms with E-state index in [-0.39, 0.29) is 24.5 Å². The van der Waals surface area contributed by atoms with Crippen LogP contribution in [0.25, 0.3) is 0 Å². The third-order valence-corrected chi connectivity index (χ3v) is 4.52. The van der Waals surface area contributed by atoms with E-state index in [9.17, 15) is 19.2 Å². The van der Waals surface area contributed by atoms with Crippen molar-refractivity contribution in [2.45, 2.75) is 19.4 Å². The van der Waals surface area contributed by atoms with Gasteiger partial charge < -0.3 is 4.74 Å². The molecule has 2 heterocycles. The smallest absolute Gasteiger partial charge is 0.355 e. The summed E-state index contributed by atoms with van der Waals surface area (Å²) in [7, 11) is 1.17. The molecule has 1 fully saturated rings. The molecule has 2 atom stereocenters. The first kappa shape index (κ1) is 18.1. The summed E-state index contributed by atoms with van der Waals surface area (Å²) < 4.78 is 4.69. The van der Waals surface area contributed by atoms with Crippen molar-refractivity contribution in [1.29, 1.82) is 0 Å². The van der Waals surface area contributed by atoms with Gasteiger partial charge in [0.1, 0.15) is 17.7 Å². The minimum atomic E-state index is -1.07. The molecule has 0 radical (unpaired) electrons. The van der Waals surface area contributed by atoms with Crippen LogP contribution in [-0.4, -0.2) is 54.0 Å². The highest BCUT2D eigenvalue weighted by Gasteiger charge is 2.58. The van der Waals surface area contributed by atoms with Crippen LogP contribution in [0.2, 0.25) is 5.02 Å². The highest BCUT2D eigenvalue weighted by molar-refractivity contribution is 6.46. The van der Waals surface area contributed by atoms with Crippen molar-refractivity contribution in [2.24, 2.45) is 11.0 Å². The van der Waals surface area contributed by atoms with Crippen molar-refractivity contribution >= 4 is 46.6 Å². The number of rotatable bonds is 5. The number of imide groups is 1. The Kier molecular flexibility index (Phi) is 4.78. The summed E-state index contributed by atoms with van der Waals surface area (Å²) in [4.78, 5) is 50.2. The first-order valence-electron chi connectivity index (χ1n) is 7.91. The number of hydrazone groups is 1. The summed E-state index contributed by atoms with van der Waals surface area (Å²) in [5, 5.41) is 5.78. The van der Waals surface area contributed by atoms with E-state index in [0.717, 1.165) is 4.90 Å². The number of hydrogen-bond acceptors (Lipinski definition) is 7. The average molecular weight is 378 g/mol. The van der Waals surface area contributed by atoms with Crippen molar-refractivity contribution in [3.63, 3.8) is 0 Å². The summed E-state index contributed by atoms with van der Waals surface area (Å²) >= 11 is 5.96. The fourth-order valence-corrected chi connectivity index (χ4v) is 3.27. The Bertz CT molecular complexity index is 837. The second kappa shape index (κ2) is 6.87. The number of carbonyl (C=O) groups excluding carboxylic acids is 4. The van der Waals surface area contributed by atoms with Gasteiger partial charge in [-0.1, -0.05) is 17.7 Å². The number of ether oxygens (including phenoxy) is 1. The number of esters is 1. The Morgan fingerprint density at radius 1 is 1.27 bits per heavy atom. The number of Topliss-reactive ketones (excluding diaryl/α,β-unsaturated/α-hetero) is 1. The van der Waals surface area contributed by atoms with Gasteiger partial charge in [0, 0.05) is 18.0 Å². The molecule has 0 saturated carbocycles. The molecule has 1 aromatic rings. The third-order valence-electron chi connectivity index (χ3n) is 4.28. The third kappa shape index (κ3) is 2.96. The van der Waals surface area contributed by atoms with Crippen LogP contribution in [0.4, 0.5) is 5.69 Å². The van der Waals surface area contributed by atoms with E-state index in [2.05, 4.69) is 5.10 Å². The largest absolute Gasteiger partial charge is 0.464 e. The molecule has 26 heavy (non-hydrogen) atoms. The van der Waals surface area contributed by atoms with Crippen LogP contribution in [0, 0.1) is 5.92 Å². The topological polar surface area (TPSA) is 96.3 Å². The monoisotopic (exact) mass is 377 g/mol. The van der Waals surface area contributed by atoms with E-state index in [4.69, 9.17) is 16.3 Å². The lowest BCUT2D eigenvalue weighted by molar-refractivity contribution is -0.133. The Hall–Kier alpha value is -2.74. The van der Waals surface area contributed by atoms with Crippen molar-refractivity contribution in [2.75, 3.05) is 18.6 Å². The molecule has 0 aromatic heterocycles. The zero-order valence-corrected chi connectivity index (χ0v) is 14.9. The molecule has 0 unspecified atom stereocenters. The molecular weight excluding hydrogens is 362 g/mol. The summed E-state index contributed by atoms with van der Waals surface area (Å²) in [5.74, 6) is -3.03. The number of nitrogens with zero attached hydrogens (tertiary/aromatic N) is 3. The van der Waals surface area contributed by atoms with Crippen LogP contribution in [0.5, 0.6) is 0 Å². The molecule has 3 rings (SSSR count). The zero-order chi connectivity index (χ0) is 19.0. The second-order valence-electron chi connectivity index (χ2n) is 6.01. The number of anilines is 1. The Labute approximate surface area is 154 Å². The van der Waals surface area contributed by atoms with Gasteiger partial charge >= 0.3 is 5.97 Å². The molecule has 0 N–H and O–H groups in total. The van der Waals surface area contributed by atoms with Crippen LogP contribution in [-0.2, 0) is 23.9 Å². The highest BCUT2D eigenvalue weighted by Crippen LogP contribution is 2.36. The highest BCUT2D eigenvalue weighted by atomic mass is 35.5. The van der Waals surface area contributed by atoms with E-state index in [1.807, 2.05) is 0 Å². The predicted molar refractivity (Wildman–Crippen MR) is 92.7 cm³/mol. The number of ketones is 1. The van der Waals surface area contributed by atoms with E-state index < -0.39 is 29.7 Å². The second-order valence-corrected chi connectivity index (χ2v) is 6.44. The lowest BCUT2D eigenvalue weighted by Crippen LogP contribution is -2.39. The summed E-state index contributed by atoms with van der Waals surface area (Å²) in [6.07, 6.45) is 0.139. The maximum atomic E-state index is 12.9. The van der Waals surface area contributed by atoms with E-state index in [1.165, 1.54) is 25.1 Å². The molecule has 0 spiro atoms. The Morgan fingerprint density at radius 2 is 2.00 bits per heavy atom. The number of amides is 2. The molecule has 1 saturated heterocycles. The Morgan fingerprint density at radius 3 is 2.62 bits per heavy atom. The normalized spacial score (nSPS) is 21.7. The van der Waals surface area contributed by atoms with Crippen LogP contribution in [0.1, 0.15) is 13.3 Å². The minimum Gasteiger partial charge on any atom is -0.464 e. The molecule has 8 nitrogen and oxygen atoms in total. The van der Waals surface area contributed by atoms with Gasteiger partial charge in [0.15, 0.2) is 5.71 Å². The van der Waals surface area contributed by atoms with Gasteiger partial charge in [0.25, 0.3) is 5.91 Å². The van der Waals surface area contributed by atoms with Gasteiger partial charge in [-0.3, -0.25) is 19.4 Å². The summed E-state index contributed by atoms with van der Waals surface area (Å²) in [6.45, 7) is 1.54. The number of halogens is 1. The lowest BCUT2D eigenvalue weighted by atomic mass is 9.98. The quantitative estimate of drug-likeness (QED) is 0.561. The van der Waals surface area contributed by atoms with E-state index in [1.54, 1.807) is 18.2 Å². The van der Waals surface area contributed by atoms with Crippen LogP contribution < -0.4 is 4.90 Å². The first-order chi connectivity index (χ1) is 12.3. The SMILES string of the molecule is COC(=O)C1=NN(CCC(C)=O)[C@H]2C(=O)N(c3cccc(Cl)c3)C(=O)[C@@H]12. The molecule has 9 heteroatoms. The van der Waals surface area contributed by atoms with Gasteiger partial charge in [0.05, 0.1) is 12.8 Å². The lowest BCUT2D eigenvalue weighted by Gasteiger charge is -2.21. The summed E-state index contributed by atoms with van der Waals surface area (Å²) in [6, 6.07) is 5.34. The molecule has 2 aliphatic heterocycles. The molecule has 1 aromatic carbocycles. The first-order valence-corrected chi connectivity index (χ1v) is 8.29. The standard InChI is InChI=1S/C17H16ClN3O5/c1-9(22)6-7-20-14-12(13(19-20)17(25)26-2)15(23)21(16(14)24)11-5-3-4-10(18)8-11/h3-5,8,12,14H,6-7H2,1-2H3/t12-,14+/m0/s1. The van der Waals surface area contributed by atoms with Crippen LogP contribution in [0.15, 0.2) is 29.4 Å². The minimum absolute atomic E-state index is 0.0910. The van der Waals surface area contributed by atoms with Gasteiger partial charge in [-0.15, -0.1) is 0 Å². The van der Waals surface area contributed by atoms with Crippen molar-refractivity contribution in [3.8, 4) is 0 Å². The van der Waals surface area contributed by atoms with Gasteiger partial charge in [-0.05, 0) is 25.1 Å². The van der Waals surface area contributed by atoms with Gasteiger partial charge in [-0.2, -0.15) is 5.10 Å². The fraction of sp³-hybridized carbons (Fsp3) is 0.353. The maximum absolute atomic E-state index is 12.9. The number of hydrogen-bond donors (Lipinski definition) is 0. The predicted octanol–water partition coefficient (Wildman–Crippen LogP) is 1.02. The van der Waals surface area contributed by atoms with Crippen LogP contribution in [0.3, 0.4) is 0 Å². The van der Waals surface area contributed by atoms with Crippen molar-refractivity contribution < 1.29 is 23.9 Å². The molecule has 0 bridgehead atoms. The molecule has 2 amide bonds. The molecule has 2 aliphatic rings. The fourth-order valence-electron chi connectivity index (χ4n) is 3.09. The van der Waals surface area contributed by atoms with Gasteiger partial charge in [0.2, 0.25) is 5.91 Å². The average Bonchev–Trinajstić information content (AvgIpc) is 3.09. The van der Waals surface area contributed by atoms with Crippen molar-refractivity contribution in [1.82, 2.24) is 5.01 Å². The number of carbonyl (C=O) groups is 4. The zero-order valence-electron chi connectivity index (χ0n) is 14.1. The Balaban J connectivity index is 1.99. The summed E-state index contributed by atoms with van der Waals surface area (Å²) in [5.41, 5.74) is 0.182. The van der Waals surface area contributed by atoms with Crippen LogP contribution >= 0.6 is 11.6 Å². The maximum Gasteiger partial charge on any atom is 0.355 e. The number of benzene rings is 1. The molecule has 136 valence electrons. The number of fused-ring (bicyclic) bond motifs is 1. The van der Waals surface area contributed by atoms with Gasteiger partial charge in [-0.25, -0.2) is 9.69 Å². The van der Waals surface area contributed by atoms with E-state index in [0.29, 0.717) is 10.7 Å². The molecular formula is C17H16ClN3O5.